The molecule has 5 heteroatoms. The number of nitrogens with one attached hydrogen (secondary N) is 1. The maximum atomic E-state index is 11.6. The lowest BCUT2D eigenvalue weighted by atomic mass is 10.0. The molecule has 0 aliphatic rings. The molecule has 1 amide bonds. The van der Waals surface area contributed by atoms with E-state index in [1.54, 1.807) is 12.3 Å². The molecule has 114 valence electrons. The van der Waals surface area contributed by atoms with Crippen molar-refractivity contribution in [3.05, 3.63) is 59.9 Å². The van der Waals surface area contributed by atoms with Gasteiger partial charge < -0.3 is 4.74 Å². The summed E-state index contributed by atoms with van der Waals surface area (Å²) in [7, 11) is 0. The lowest BCUT2D eigenvalue weighted by molar-refractivity contribution is -0.123. The molecule has 0 bridgehead atoms. The van der Waals surface area contributed by atoms with Crippen LogP contribution in [0, 0.1) is 0 Å². The molecule has 0 unspecified atom stereocenters. The molecule has 5 nitrogen and oxygen atoms in total. The number of rotatable bonds is 6. The van der Waals surface area contributed by atoms with Crippen LogP contribution >= 0.6 is 0 Å². The quantitative estimate of drug-likeness (QED) is 0.658. The highest BCUT2D eigenvalue weighted by Gasteiger charge is 2.03. The molecule has 2 aromatic rings. The zero-order valence-corrected chi connectivity index (χ0v) is 12.7. The van der Waals surface area contributed by atoms with Crippen LogP contribution in [-0.2, 0) is 4.79 Å². The first-order chi connectivity index (χ1) is 10.6. The highest BCUT2D eigenvalue weighted by molar-refractivity contribution is 5.81. The number of hydrogen-bond donors (Lipinski definition) is 1. The number of amides is 1. The van der Waals surface area contributed by atoms with Gasteiger partial charge in [0.2, 0.25) is 0 Å². The third kappa shape index (κ3) is 5.01. The lowest BCUT2D eigenvalue weighted by Crippen LogP contribution is -2.24. The molecule has 0 aliphatic carbocycles. The summed E-state index contributed by atoms with van der Waals surface area (Å²) >= 11 is 0. The second-order valence-corrected chi connectivity index (χ2v) is 5.06. The molecule has 0 spiro atoms. The van der Waals surface area contributed by atoms with Crippen molar-refractivity contribution in [1.29, 1.82) is 0 Å². The number of aromatic nitrogens is 1. The van der Waals surface area contributed by atoms with Gasteiger partial charge in [0.1, 0.15) is 5.75 Å². The number of carbonyl (C=O) groups excluding carboxylic acids is 1. The fourth-order valence-corrected chi connectivity index (χ4v) is 1.75. The van der Waals surface area contributed by atoms with Crippen molar-refractivity contribution < 1.29 is 9.53 Å². The van der Waals surface area contributed by atoms with Crippen LogP contribution in [0.2, 0.25) is 0 Å². The van der Waals surface area contributed by atoms with Crippen LogP contribution in [0.15, 0.2) is 53.8 Å². The van der Waals surface area contributed by atoms with Crippen LogP contribution in [0.5, 0.6) is 5.75 Å². The Kier molecular flexibility index (Phi) is 5.65. The molecule has 1 N–H and O–H groups in total. The molecule has 22 heavy (non-hydrogen) atoms. The largest absolute Gasteiger partial charge is 0.484 e. The first-order valence-corrected chi connectivity index (χ1v) is 7.11. The number of hydrazone groups is 1. The molecule has 0 aliphatic heterocycles. The third-order valence-corrected chi connectivity index (χ3v) is 2.99. The van der Waals surface area contributed by atoms with Crippen molar-refractivity contribution in [3.63, 3.8) is 0 Å². The van der Waals surface area contributed by atoms with Gasteiger partial charge in [-0.1, -0.05) is 32.0 Å². The normalized spacial score (nSPS) is 10.9. The summed E-state index contributed by atoms with van der Waals surface area (Å²) in [5.41, 5.74) is 4.30. The average Bonchev–Trinajstić information content (AvgIpc) is 2.54. The molecule has 0 radical (unpaired) electrons. The van der Waals surface area contributed by atoms with Gasteiger partial charge in [-0.2, -0.15) is 5.10 Å². The Labute approximate surface area is 130 Å². The van der Waals surface area contributed by atoms with Crippen LogP contribution in [-0.4, -0.2) is 23.7 Å². The number of pyridine rings is 1. The lowest BCUT2D eigenvalue weighted by Gasteiger charge is -2.08. The Hall–Kier alpha value is -2.69. The van der Waals surface area contributed by atoms with Crippen LogP contribution in [0.25, 0.3) is 0 Å². The van der Waals surface area contributed by atoms with Crippen LogP contribution in [0.3, 0.4) is 0 Å². The Morgan fingerprint density at radius 2 is 2.05 bits per heavy atom. The zero-order chi connectivity index (χ0) is 15.8. The SMILES string of the molecule is CC(C)c1ccc(OCC(=O)N/N=C/c2ccccn2)cc1. The molecule has 0 saturated carbocycles. The Morgan fingerprint density at radius 1 is 1.27 bits per heavy atom. The van der Waals surface area contributed by atoms with Crippen molar-refractivity contribution in [2.75, 3.05) is 6.61 Å². The number of ether oxygens (including phenoxy) is 1. The van der Waals surface area contributed by atoms with Gasteiger partial charge in [0, 0.05) is 6.20 Å². The van der Waals surface area contributed by atoms with Gasteiger partial charge in [0.15, 0.2) is 6.61 Å². The fourth-order valence-electron chi connectivity index (χ4n) is 1.75. The van der Waals surface area contributed by atoms with Crippen molar-refractivity contribution in [2.24, 2.45) is 5.10 Å². The van der Waals surface area contributed by atoms with E-state index in [1.807, 2.05) is 36.4 Å². The third-order valence-electron chi connectivity index (χ3n) is 2.99. The van der Waals surface area contributed by atoms with Crippen LogP contribution in [0.1, 0.15) is 31.0 Å². The van der Waals surface area contributed by atoms with Gasteiger partial charge in [0.25, 0.3) is 5.91 Å². The highest BCUT2D eigenvalue weighted by Crippen LogP contribution is 2.18. The minimum absolute atomic E-state index is 0.0828. The molecule has 0 atom stereocenters. The molecule has 1 aromatic carbocycles. The number of nitrogens with zero attached hydrogens (tertiary/aromatic N) is 2. The molecule has 0 saturated heterocycles. The van der Waals surface area contributed by atoms with Crippen molar-refractivity contribution in [2.45, 2.75) is 19.8 Å². The first-order valence-electron chi connectivity index (χ1n) is 7.11. The molecule has 0 fully saturated rings. The average molecular weight is 297 g/mol. The van der Waals surface area contributed by atoms with E-state index in [0.717, 1.165) is 0 Å². The van der Waals surface area contributed by atoms with Crippen molar-refractivity contribution in [3.8, 4) is 5.75 Å². The van der Waals surface area contributed by atoms with Gasteiger partial charge in [-0.25, -0.2) is 5.43 Å². The number of hydrogen-bond acceptors (Lipinski definition) is 4. The Morgan fingerprint density at radius 3 is 2.68 bits per heavy atom. The topological polar surface area (TPSA) is 63.6 Å². The predicted octanol–water partition coefficient (Wildman–Crippen LogP) is 2.73. The fraction of sp³-hybridized carbons (Fsp3) is 0.235. The number of benzene rings is 1. The maximum absolute atomic E-state index is 11.6. The van der Waals surface area contributed by atoms with E-state index in [0.29, 0.717) is 17.4 Å². The second-order valence-electron chi connectivity index (χ2n) is 5.06. The Bertz CT molecular complexity index is 622. The van der Waals surface area contributed by atoms with E-state index in [2.05, 4.69) is 29.4 Å². The van der Waals surface area contributed by atoms with Gasteiger partial charge in [-0.3, -0.25) is 9.78 Å². The zero-order valence-electron chi connectivity index (χ0n) is 12.7. The standard InChI is InChI=1S/C17H19N3O2/c1-13(2)14-6-8-16(9-7-14)22-12-17(21)20-19-11-15-5-3-4-10-18-15/h3-11,13H,12H2,1-2H3,(H,20,21)/b19-11+. The summed E-state index contributed by atoms with van der Waals surface area (Å²) in [6, 6.07) is 13.2. The van der Waals surface area contributed by atoms with Gasteiger partial charge in [-0.15, -0.1) is 0 Å². The van der Waals surface area contributed by atoms with E-state index >= 15 is 0 Å². The summed E-state index contributed by atoms with van der Waals surface area (Å²) in [5.74, 6) is 0.812. The maximum Gasteiger partial charge on any atom is 0.277 e. The van der Waals surface area contributed by atoms with E-state index in [4.69, 9.17) is 4.74 Å². The minimum Gasteiger partial charge on any atom is -0.484 e. The van der Waals surface area contributed by atoms with Crippen LogP contribution in [0.4, 0.5) is 0 Å². The Balaban J connectivity index is 1.77. The van der Waals surface area contributed by atoms with Gasteiger partial charge >= 0.3 is 0 Å². The van der Waals surface area contributed by atoms with Crippen LogP contribution < -0.4 is 10.2 Å². The molecular formula is C17H19N3O2. The van der Waals surface area contributed by atoms with E-state index in [1.165, 1.54) is 11.8 Å². The number of carbonyl (C=O) groups is 1. The summed E-state index contributed by atoms with van der Waals surface area (Å²) in [5, 5.41) is 3.82. The van der Waals surface area contributed by atoms with Gasteiger partial charge in [0.05, 0.1) is 11.9 Å². The monoisotopic (exact) mass is 297 g/mol. The summed E-state index contributed by atoms with van der Waals surface area (Å²) in [6.45, 7) is 4.17. The van der Waals surface area contributed by atoms with Crippen molar-refractivity contribution in [1.82, 2.24) is 10.4 Å². The summed E-state index contributed by atoms with van der Waals surface area (Å²) < 4.78 is 5.40. The molecule has 1 heterocycles. The highest BCUT2D eigenvalue weighted by atomic mass is 16.5. The molecule has 1 aromatic heterocycles. The van der Waals surface area contributed by atoms with Gasteiger partial charge in [-0.05, 0) is 35.7 Å². The van der Waals surface area contributed by atoms with Crippen molar-refractivity contribution >= 4 is 12.1 Å². The summed E-state index contributed by atoms with van der Waals surface area (Å²) in [4.78, 5) is 15.7. The smallest absolute Gasteiger partial charge is 0.277 e. The molecular weight excluding hydrogens is 278 g/mol. The van der Waals surface area contributed by atoms with E-state index in [-0.39, 0.29) is 12.5 Å². The summed E-state index contributed by atoms with van der Waals surface area (Å²) in [6.07, 6.45) is 3.14. The second kappa shape index (κ2) is 7.93. The minimum atomic E-state index is -0.319. The van der Waals surface area contributed by atoms with E-state index in [9.17, 15) is 4.79 Å². The predicted molar refractivity (Wildman–Crippen MR) is 86.0 cm³/mol. The van der Waals surface area contributed by atoms with E-state index < -0.39 is 0 Å². The first kappa shape index (κ1) is 15.7. The molecule has 2 rings (SSSR count).